The molecule has 0 aliphatic rings. The molecular formula is C19H16N2O3S. The number of thiophene rings is 1. The molecule has 1 aromatic carbocycles. The Hall–Kier alpha value is -2.73. The summed E-state index contributed by atoms with van der Waals surface area (Å²) in [5.41, 5.74) is 2.25. The van der Waals surface area contributed by atoms with Gasteiger partial charge in [-0.05, 0) is 43.5 Å². The number of benzene rings is 1. The number of nitrogens with zero attached hydrogens (tertiary/aromatic N) is 2. The highest BCUT2D eigenvalue weighted by atomic mass is 32.1. The smallest absolute Gasteiger partial charge is 0.336 e. The average Bonchev–Trinajstić information content (AvgIpc) is 2.89. The predicted molar refractivity (Wildman–Crippen MR) is 98.8 cm³/mol. The molecule has 3 heterocycles. The van der Waals surface area contributed by atoms with Gasteiger partial charge in [0.15, 0.2) is 0 Å². The maximum Gasteiger partial charge on any atom is 0.336 e. The fraction of sp³-hybridized carbons (Fsp3) is 0.211. The minimum absolute atomic E-state index is 0.352. The summed E-state index contributed by atoms with van der Waals surface area (Å²) in [5, 5.41) is 1.85. The Labute approximate surface area is 147 Å². The second-order valence-corrected chi connectivity index (χ2v) is 7.05. The van der Waals surface area contributed by atoms with Gasteiger partial charge in [0, 0.05) is 22.4 Å². The van der Waals surface area contributed by atoms with Crippen LogP contribution in [0, 0.1) is 13.8 Å². The van der Waals surface area contributed by atoms with Crippen molar-refractivity contribution in [2.45, 2.75) is 27.2 Å². The second kappa shape index (κ2) is 5.97. The largest absolute Gasteiger partial charge is 0.438 e. The van der Waals surface area contributed by atoms with Crippen LogP contribution >= 0.6 is 11.3 Å². The molecule has 6 heteroatoms. The van der Waals surface area contributed by atoms with Crippen molar-refractivity contribution < 1.29 is 9.15 Å². The highest BCUT2D eigenvalue weighted by molar-refractivity contribution is 7.18. The van der Waals surface area contributed by atoms with E-state index in [-0.39, 0.29) is 5.63 Å². The van der Waals surface area contributed by atoms with E-state index in [9.17, 15) is 4.79 Å². The molecule has 0 N–H and O–H groups in total. The van der Waals surface area contributed by atoms with Crippen molar-refractivity contribution in [3.05, 3.63) is 57.0 Å². The Morgan fingerprint density at radius 2 is 2.04 bits per heavy atom. The van der Waals surface area contributed by atoms with Gasteiger partial charge >= 0.3 is 5.63 Å². The summed E-state index contributed by atoms with van der Waals surface area (Å²) in [7, 11) is 0. The summed E-state index contributed by atoms with van der Waals surface area (Å²) in [4.78, 5) is 22.4. The van der Waals surface area contributed by atoms with Crippen LogP contribution < -0.4 is 10.4 Å². The zero-order chi connectivity index (χ0) is 17.6. The predicted octanol–water partition coefficient (Wildman–Crippen LogP) is 4.77. The number of ether oxygens (including phenoxy) is 1. The van der Waals surface area contributed by atoms with Crippen LogP contribution in [0.25, 0.3) is 21.2 Å². The molecule has 0 atom stereocenters. The molecule has 0 aliphatic carbocycles. The SMILES string of the molecule is CCc1cc(=O)oc2cc(Oc3ncnc4sc(C)c(C)c34)ccc12. The topological polar surface area (TPSA) is 65.2 Å². The number of rotatable bonds is 3. The van der Waals surface area contributed by atoms with Crippen LogP contribution in [0.5, 0.6) is 11.6 Å². The molecule has 4 aromatic rings. The van der Waals surface area contributed by atoms with Crippen LogP contribution in [0.1, 0.15) is 22.9 Å². The van der Waals surface area contributed by atoms with E-state index in [2.05, 4.69) is 16.9 Å². The maximum atomic E-state index is 11.7. The van der Waals surface area contributed by atoms with Gasteiger partial charge in [0.2, 0.25) is 5.88 Å². The lowest BCUT2D eigenvalue weighted by molar-refractivity contribution is 0.466. The van der Waals surface area contributed by atoms with Gasteiger partial charge in [-0.3, -0.25) is 0 Å². The third-order valence-corrected chi connectivity index (χ3v) is 5.44. The van der Waals surface area contributed by atoms with E-state index in [0.29, 0.717) is 17.2 Å². The number of fused-ring (bicyclic) bond motifs is 2. The van der Waals surface area contributed by atoms with Crippen LogP contribution in [0.4, 0.5) is 0 Å². The second-order valence-electron chi connectivity index (χ2n) is 5.85. The minimum atomic E-state index is -0.352. The van der Waals surface area contributed by atoms with E-state index in [4.69, 9.17) is 9.15 Å². The first-order valence-electron chi connectivity index (χ1n) is 8.02. The molecule has 0 saturated carbocycles. The van der Waals surface area contributed by atoms with Gasteiger partial charge in [-0.15, -0.1) is 11.3 Å². The van der Waals surface area contributed by atoms with E-state index in [1.807, 2.05) is 26.0 Å². The van der Waals surface area contributed by atoms with Crippen molar-refractivity contribution in [2.75, 3.05) is 0 Å². The molecule has 4 rings (SSSR count). The van der Waals surface area contributed by atoms with Gasteiger partial charge in [0.05, 0.1) is 5.39 Å². The van der Waals surface area contributed by atoms with Gasteiger partial charge in [-0.2, -0.15) is 0 Å². The summed E-state index contributed by atoms with van der Waals surface area (Å²) in [6, 6.07) is 7.05. The first-order valence-corrected chi connectivity index (χ1v) is 8.84. The first-order chi connectivity index (χ1) is 12.1. The fourth-order valence-corrected chi connectivity index (χ4v) is 3.89. The Morgan fingerprint density at radius 3 is 2.84 bits per heavy atom. The molecule has 0 spiro atoms. The number of aromatic nitrogens is 2. The van der Waals surface area contributed by atoms with Crippen LogP contribution in [-0.4, -0.2) is 9.97 Å². The molecule has 0 unspecified atom stereocenters. The van der Waals surface area contributed by atoms with Crippen molar-refractivity contribution in [1.82, 2.24) is 9.97 Å². The van der Waals surface area contributed by atoms with Gasteiger partial charge in [0.1, 0.15) is 22.5 Å². The van der Waals surface area contributed by atoms with Gasteiger partial charge in [-0.1, -0.05) is 6.92 Å². The third kappa shape index (κ3) is 2.68. The highest BCUT2D eigenvalue weighted by Crippen LogP contribution is 2.36. The Balaban J connectivity index is 1.83. The lowest BCUT2D eigenvalue weighted by Gasteiger charge is -2.08. The zero-order valence-corrected chi connectivity index (χ0v) is 14.9. The minimum Gasteiger partial charge on any atom is -0.438 e. The molecular weight excluding hydrogens is 336 g/mol. The van der Waals surface area contributed by atoms with Crippen molar-refractivity contribution >= 4 is 32.5 Å². The standard InChI is InChI=1S/C19H16N2O3S/c1-4-12-7-16(22)24-15-8-13(5-6-14(12)15)23-18-17-10(2)11(3)25-19(17)21-9-20-18/h5-9H,4H2,1-3H3. The van der Waals surface area contributed by atoms with Gasteiger partial charge in [-0.25, -0.2) is 14.8 Å². The average molecular weight is 352 g/mol. The molecule has 5 nitrogen and oxygen atoms in total. The fourth-order valence-electron chi connectivity index (χ4n) is 2.91. The van der Waals surface area contributed by atoms with Crippen molar-refractivity contribution in [2.24, 2.45) is 0 Å². The van der Waals surface area contributed by atoms with Crippen molar-refractivity contribution in [3.8, 4) is 11.6 Å². The van der Waals surface area contributed by atoms with Gasteiger partial charge in [0.25, 0.3) is 0 Å². The van der Waals surface area contributed by atoms with Crippen LogP contribution in [0.15, 0.2) is 39.8 Å². The molecule has 0 saturated heterocycles. The molecule has 0 radical (unpaired) electrons. The third-order valence-electron chi connectivity index (χ3n) is 4.33. The lowest BCUT2D eigenvalue weighted by atomic mass is 10.1. The van der Waals surface area contributed by atoms with Crippen LogP contribution in [0.2, 0.25) is 0 Å². The molecule has 0 amide bonds. The number of hydrogen-bond donors (Lipinski definition) is 0. The molecule has 25 heavy (non-hydrogen) atoms. The molecule has 0 fully saturated rings. The van der Waals surface area contributed by atoms with E-state index >= 15 is 0 Å². The summed E-state index contributed by atoms with van der Waals surface area (Å²) in [5.74, 6) is 1.09. The number of hydrogen-bond acceptors (Lipinski definition) is 6. The van der Waals surface area contributed by atoms with Crippen molar-refractivity contribution in [1.29, 1.82) is 0 Å². The molecule has 0 bridgehead atoms. The summed E-state index contributed by atoms with van der Waals surface area (Å²) < 4.78 is 11.3. The molecule has 3 aromatic heterocycles. The zero-order valence-electron chi connectivity index (χ0n) is 14.1. The van der Waals surface area contributed by atoms with Crippen LogP contribution in [0.3, 0.4) is 0 Å². The maximum absolute atomic E-state index is 11.7. The summed E-state index contributed by atoms with van der Waals surface area (Å²) in [6.07, 6.45) is 2.27. The van der Waals surface area contributed by atoms with Gasteiger partial charge < -0.3 is 9.15 Å². The molecule has 0 aliphatic heterocycles. The van der Waals surface area contributed by atoms with E-state index < -0.39 is 0 Å². The Morgan fingerprint density at radius 1 is 1.20 bits per heavy atom. The monoisotopic (exact) mass is 352 g/mol. The van der Waals surface area contributed by atoms with Crippen molar-refractivity contribution in [3.63, 3.8) is 0 Å². The highest BCUT2D eigenvalue weighted by Gasteiger charge is 2.14. The van der Waals surface area contributed by atoms with Crippen LogP contribution in [-0.2, 0) is 6.42 Å². The lowest BCUT2D eigenvalue weighted by Crippen LogP contribution is -2.00. The summed E-state index contributed by atoms with van der Waals surface area (Å²) in [6.45, 7) is 6.11. The normalized spacial score (nSPS) is 11.3. The van der Waals surface area contributed by atoms with E-state index in [1.54, 1.807) is 17.4 Å². The molecule has 126 valence electrons. The van der Waals surface area contributed by atoms with E-state index in [1.165, 1.54) is 17.3 Å². The summed E-state index contributed by atoms with van der Waals surface area (Å²) >= 11 is 1.62. The van der Waals surface area contributed by atoms with E-state index in [0.717, 1.165) is 33.2 Å². The quantitative estimate of drug-likeness (QED) is 0.497. The number of aryl methyl sites for hydroxylation is 3. The first kappa shape index (κ1) is 15.8. The Bertz CT molecular complexity index is 1160. The Kier molecular flexibility index (Phi) is 3.77.